The first kappa shape index (κ1) is 17.9. The van der Waals surface area contributed by atoms with Gasteiger partial charge in [-0.25, -0.2) is 4.39 Å². The average molecular weight is 361 g/mol. The van der Waals surface area contributed by atoms with Crippen molar-refractivity contribution in [3.8, 4) is 11.5 Å². The molecule has 1 saturated heterocycles. The SMILES string of the molecule is CCOc1cc2c(OC[C@@H]3C[C@](C)(F)C(=O)N3)ccnc2cc1C(N)=O. The minimum Gasteiger partial charge on any atom is -0.493 e. The van der Waals surface area contributed by atoms with Gasteiger partial charge in [0.1, 0.15) is 18.1 Å². The lowest BCUT2D eigenvalue weighted by Crippen LogP contribution is -2.33. The predicted octanol–water partition coefficient (Wildman–Crippen LogP) is 1.73. The molecule has 2 amide bonds. The standard InChI is InChI=1S/C18H20FN3O4/c1-3-25-15-7-11-13(6-12(15)16(20)23)21-5-4-14(11)26-9-10-8-18(2,19)17(24)22-10/h4-7,10H,3,8-9H2,1-2H3,(H2,20,23)(H,22,24)/t10-,18-/m0/s1. The number of carbonyl (C=O) groups excluding carboxylic acids is 2. The molecule has 1 aliphatic rings. The number of nitrogens with zero attached hydrogens (tertiary/aromatic N) is 1. The van der Waals surface area contributed by atoms with Crippen molar-refractivity contribution in [3.63, 3.8) is 0 Å². The van der Waals surface area contributed by atoms with Crippen LogP contribution < -0.4 is 20.5 Å². The van der Waals surface area contributed by atoms with E-state index in [1.807, 2.05) is 0 Å². The Morgan fingerprint density at radius 3 is 2.81 bits per heavy atom. The number of fused-ring (bicyclic) bond motifs is 1. The van der Waals surface area contributed by atoms with E-state index < -0.39 is 23.5 Å². The largest absolute Gasteiger partial charge is 0.493 e. The summed E-state index contributed by atoms with van der Waals surface area (Å²) in [5, 5.41) is 3.21. The number of rotatable bonds is 6. The van der Waals surface area contributed by atoms with Gasteiger partial charge in [-0.2, -0.15) is 0 Å². The summed E-state index contributed by atoms with van der Waals surface area (Å²) in [5.41, 5.74) is 4.27. The lowest BCUT2D eigenvalue weighted by molar-refractivity contribution is -0.128. The molecule has 26 heavy (non-hydrogen) atoms. The maximum atomic E-state index is 14.0. The smallest absolute Gasteiger partial charge is 0.257 e. The van der Waals surface area contributed by atoms with Crippen molar-refractivity contribution in [2.45, 2.75) is 32.0 Å². The highest BCUT2D eigenvalue weighted by molar-refractivity contribution is 6.01. The Morgan fingerprint density at radius 1 is 1.42 bits per heavy atom. The number of hydrogen-bond donors (Lipinski definition) is 2. The number of aromatic nitrogens is 1. The lowest BCUT2D eigenvalue weighted by atomic mass is 10.1. The van der Waals surface area contributed by atoms with E-state index >= 15 is 0 Å². The first-order valence-electron chi connectivity index (χ1n) is 8.30. The van der Waals surface area contributed by atoms with Crippen LogP contribution >= 0.6 is 0 Å². The Bertz CT molecular complexity index is 869. The summed E-state index contributed by atoms with van der Waals surface area (Å²) in [7, 11) is 0. The maximum absolute atomic E-state index is 14.0. The number of ether oxygens (including phenoxy) is 2. The second-order valence-electron chi connectivity index (χ2n) is 6.35. The van der Waals surface area contributed by atoms with Gasteiger partial charge >= 0.3 is 0 Å². The normalized spacial score (nSPS) is 22.3. The van der Waals surface area contributed by atoms with Crippen molar-refractivity contribution >= 4 is 22.7 Å². The Morgan fingerprint density at radius 2 is 2.19 bits per heavy atom. The van der Waals surface area contributed by atoms with Gasteiger partial charge in [0.25, 0.3) is 11.8 Å². The molecule has 1 aliphatic heterocycles. The van der Waals surface area contributed by atoms with Gasteiger partial charge in [-0.05, 0) is 32.0 Å². The zero-order chi connectivity index (χ0) is 18.9. The van der Waals surface area contributed by atoms with E-state index in [0.717, 1.165) is 0 Å². The number of amides is 2. The van der Waals surface area contributed by atoms with Crippen molar-refractivity contribution in [2.75, 3.05) is 13.2 Å². The van der Waals surface area contributed by atoms with Crippen LogP contribution in [0, 0.1) is 0 Å². The summed E-state index contributed by atoms with van der Waals surface area (Å²) in [6, 6.07) is 4.43. The van der Waals surface area contributed by atoms with E-state index in [-0.39, 0.29) is 18.6 Å². The number of benzene rings is 1. The summed E-state index contributed by atoms with van der Waals surface area (Å²) in [5.74, 6) is -0.403. The molecule has 2 aromatic rings. The second kappa shape index (κ2) is 6.78. The van der Waals surface area contributed by atoms with Crippen LogP contribution in [0.25, 0.3) is 10.9 Å². The van der Waals surface area contributed by atoms with Gasteiger partial charge in [0.2, 0.25) is 0 Å². The minimum absolute atomic E-state index is 0.0465. The number of halogens is 1. The number of alkyl halides is 1. The topological polar surface area (TPSA) is 104 Å². The quantitative estimate of drug-likeness (QED) is 0.815. The number of nitrogens with one attached hydrogen (secondary N) is 1. The fourth-order valence-corrected chi connectivity index (χ4v) is 2.97. The molecule has 8 heteroatoms. The van der Waals surface area contributed by atoms with Crippen LogP contribution in [-0.4, -0.2) is 41.7 Å². The molecule has 1 fully saturated rings. The molecule has 0 aliphatic carbocycles. The number of primary amides is 1. The summed E-state index contributed by atoms with van der Waals surface area (Å²) < 4.78 is 25.2. The summed E-state index contributed by atoms with van der Waals surface area (Å²) in [6.07, 6.45) is 1.58. The highest BCUT2D eigenvalue weighted by atomic mass is 19.1. The van der Waals surface area contributed by atoms with E-state index in [1.165, 1.54) is 13.1 Å². The third-order valence-corrected chi connectivity index (χ3v) is 4.25. The summed E-state index contributed by atoms with van der Waals surface area (Å²) in [6.45, 7) is 3.54. The number of pyridine rings is 1. The van der Waals surface area contributed by atoms with Crippen molar-refractivity contribution < 1.29 is 23.5 Å². The molecule has 2 atom stereocenters. The zero-order valence-electron chi connectivity index (χ0n) is 14.5. The van der Waals surface area contributed by atoms with E-state index in [1.54, 1.807) is 25.1 Å². The molecule has 2 heterocycles. The average Bonchev–Trinajstić information content (AvgIpc) is 2.85. The van der Waals surface area contributed by atoms with Gasteiger partial charge in [0, 0.05) is 18.0 Å². The van der Waals surface area contributed by atoms with E-state index in [4.69, 9.17) is 15.2 Å². The molecule has 1 aromatic carbocycles. The number of carbonyl (C=O) groups is 2. The van der Waals surface area contributed by atoms with Crippen molar-refractivity contribution in [2.24, 2.45) is 5.73 Å². The van der Waals surface area contributed by atoms with Gasteiger partial charge < -0.3 is 20.5 Å². The van der Waals surface area contributed by atoms with Crippen LogP contribution in [0.3, 0.4) is 0 Å². The molecular weight excluding hydrogens is 341 g/mol. The highest BCUT2D eigenvalue weighted by Crippen LogP contribution is 2.32. The lowest BCUT2D eigenvalue weighted by Gasteiger charge is -2.15. The molecule has 7 nitrogen and oxygen atoms in total. The van der Waals surface area contributed by atoms with Crippen LogP contribution in [0.15, 0.2) is 24.4 Å². The van der Waals surface area contributed by atoms with Crippen molar-refractivity contribution in [3.05, 3.63) is 30.0 Å². The van der Waals surface area contributed by atoms with Crippen LogP contribution in [0.5, 0.6) is 11.5 Å². The zero-order valence-corrected chi connectivity index (χ0v) is 14.5. The Balaban J connectivity index is 1.88. The van der Waals surface area contributed by atoms with Crippen LogP contribution in [0.4, 0.5) is 4.39 Å². The second-order valence-corrected chi connectivity index (χ2v) is 6.35. The summed E-state index contributed by atoms with van der Waals surface area (Å²) in [4.78, 5) is 27.4. The third-order valence-electron chi connectivity index (χ3n) is 4.25. The summed E-state index contributed by atoms with van der Waals surface area (Å²) >= 11 is 0. The van der Waals surface area contributed by atoms with Crippen molar-refractivity contribution in [1.29, 1.82) is 0 Å². The minimum atomic E-state index is -1.88. The monoisotopic (exact) mass is 361 g/mol. The van der Waals surface area contributed by atoms with Gasteiger partial charge in [-0.15, -0.1) is 0 Å². The Hall–Kier alpha value is -2.90. The first-order valence-corrected chi connectivity index (χ1v) is 8.30. The maximum Gasteiger partial charge on any atom is 0.257 e. The Kier molecular flexibility index (Phi) is 4.67. The van der Waals surface area contributed by atoms with Gasteiger partial charge in [-0.3, -0.25) is 14.6 Å². The molecule has 0 radical (unpaired) electrons. The fraction of sp³-hybridized carbons (Fsp3) is 0.389. The van der Waals surface area contributed by atoms with Crippen LogP contribution in [0.1, 0.15) is 30.6 Å². The third kappa shape index (κ3) is 3.40. The molecular formula is C18H20FN3O4. The molecule has 0 spiro atoms. The predicted molar refractivity (Wildman–Crippen MR) is 93.0 cm³/mol. The molecule has 0 unspecified atom stereocenters. The van der Waals surface area contributed by atoms with Gasteiger partial charge in [0.15, 0.2) is 5.67 Å². The molecule has 3 rings (SSSR count). The molecule has 0 bridgehead atoms. The Labute approximate surface area is 149 Å². The van der Waals surface area contributed by atoms with Gasteiger partial charge in [0.05, 0.1) is 23.7 Å². The molecule has 1 aromatic heterocycles. The fourth-order valence-electron chi connectivity index (χ4n) is 2.97. The number of hydrogen-bond acceptors (Lipinski definition) is 5. The molecule has 0 saturated carbocycles. The van der Waals surface area contributed by atoms with Crippen LogP contribution in [0.2, 0.25) is 0 Å². The first-order chi connectivity index (χ1) is 12.3. The molecule has 138 valence electrons. The molecule has 3 N–H and O–H groups in total. The van der Waals surface area contributed by atoms with E-state index in [2.05, 4.69) is 10.3 Å². The van der Waals surface area contributed by atoms with Crippen LogP contribution in [-0.2, 0) is 4.79 Å². The highest BCUT2D eigenvalue weighted by Gasteiger charge is 2.43. The number of nitrogens with two attached hydrogens (primary N) is 1. The van der Waals surface area contributed by atoms with E-state index in [0.29, 0.717) is 29.0 Å². The van der Waals surface area contributed by atoms with Crippen molar-refractivity contribution in [1.82, 2.24) is 10.3 Å². The van der Waals surface area contributed by atoms with E-state index in [9.17, 15) is 14.0 Å². The van der Waals surface area contributed by atoms with Gasteiger partial charge in [-0.1, -0.05) is 0 Å².